The Labute approximate surface area is 132 Å². The smallest absolute Gasteiger partial charge is 0.317 e. The molecule has 6 heteroatoms. The van der Waals surface area contributed by atoms with E-state index in [1.54, 1.807) is 6.26 Å². The van der Waals surface area contributed by atoms with Gasteiger partial charge in [-0.2, -0.15) is 0 Å². The van der Waals surface area contributed by atoms with Crippen LogP contribution in [-0.2, 0) is 4.74 Å². The van der Waals surface area contributed by atoms with Gasteiger partial charge in [-0.15, -0.1) is 0 Å². The lowest BCUT2D eigenvalue weighted by Crippen LogP contribution is -2.45. The van der Waals surface area contributed by atoms with Crippen molar-refractivity contribution in [2.45, 2.75) is 19.4 Å². The lowest BCUT2D eigenvalue weighted by atomic mass is 10.1. The number of hydrogen-bond acceptors (Lipinski definition) is 4. The molecule has 0 radical (unpaired) electrons. The van der Waals surface area contributed by atoms with Gasteiger partial charge in [-0.3, -0.25) is 4.90 Å². The van der Waals surface area contributed by atoms with Gasteiger partial charge >= 0.3 is 6.03 Å². The van der Waals surface area contributed by atoms with Crippen LogP contribution in [0.5, 0.6) is 0 Å². The van der Waals surface area contributed by atoms with Gasteiger partial charge in [-0.05, 0) is 39.6 Å². The summed E-state index contributed by atoms with van der Waals surface area (Å²) in [4.78, 5) is 16.3. The fraction of sp³-hybridized carbons (Fsp3) is 0.688. The van der Waals surface area contributed by atoms with Crippen molar-refractivity contribution in [1.29, 1.82) is 0 Å². The molecule has 1 aromatic heterocycles. The second-order valence-corrected chi connectivity index (χ2v) is 5.95. The van der Waals surface area contributed by atoms with Crippen molar-refractivity contribution in [2.24, 2.45) is 5.92 Å². The van der Waals surface area contributed by atoms with E-state index in [1.807, 2.05) is 43.0 Å². The number of rotatable bonds is 7. The Morgan fingerprint density at radius 3 is 2.86 bits per heavy atom. The number of amides is 2. The predicted molar refractivity (Wildman–Crippen MR) is 84.7 cm³/mol. The normalized spacial score (nSPS) is 19.4. The summed E-state index contributed by atoms with van der Waals surface area (Å²) in [6.45, 7) is 5.56. The van der Waals surface area contributed by atoms with E-state index in [1.165, 1.54) is 0 Å². The Hall–Kier alpha value is -1.53. The van der Waals surface area contributed by atoms with Gasteiger partial charge in [0.25, 0.3) is 0 Å². The molecule has 1 N–H and O–H groups in total. The molecule has 2 rings (SSSR count). The Morgan fingerprint density at radius 2 is 2.32 bits per heavy atom. The molecule has 22 heavy (non-hydrogen) atoms. The molecule has 0 unspecified atom stereocenters. The van der Waals surface area contributed by atoms with Crippen molar-refractivity contribution >= 4 is 6.03 Å². The third-order valence-corrected chi connectivity index (χ3v) is 4.11. The molecular weight excluding hydrogens is 282 g/mol. The van der Waals surface area contributed by atoms with E-state index in [4.69, 9.17) is 9.15 Å². The van der Waals surface area contributed by atoms with Gasteiger partial charge in [0.05, 0.1) is 18.9 Å². The van der Waals surface area contributed by atoms with Crippen molar-refractivity contribution in [3.63, 3.8) is 0 Å². The molecular formula is C16H27N3O3. The average molecular weight is 309 g/mol. The largest absolute Gasteiger partial charge is 0.468 e. The van der Waals surface area contributed by atoms with Crippen molar-refractivity contribution in [3.05, 3.63) is 24.2 Å². The van der Waals surface area contributed by atoms with Gasteiger partial charge in [0.2, 0.25) is 0 Å². The average Bonchev–Trinajstić information content (AvgIpc) is 3.18. The second-order valence-electron chi connectivity index (χ2n) is 5.95. The third-order valence-electron chi connectivity index (χ3n) is 4.11. The van der Waals surface area contributed by atoms with Crippen LogP contribution >= 0.6 is 0 Å². The fourth-order valence-electron chi connectivity index (χ4n) is 2.71. The number of carbonyl (C=O) groups excluding carboxylic acids is 1. The molecule has 0 spiro atoms. The first-order chi connectivity index (χ1) is 10.6. The third kappa shape index (κ3) is 4.48. The molecule has 1 aliphatic heterocycles. The van der Waals surface area contributed by atoms with Crippen LogP contribution in [0, 0.1) is 5.92 Å². The van der Waals surface area contributed by atoms with Crippen LogP contribution in [0.2, 0.25) is 0 Å². The highest BCUT2D eigenvalue weighted by atomic mass is 16.5. The van der Waals surface area contributed by atoms with Crippen molar-refractivity contribution in [2.75, 3.05) is 46.9 Å². The molecule has 1 fully saturated rings. The van der Waals surface area contributed by atoms with Crippen LogP contribution in [0.25, 0.3) is 0 Å². The van der Waals surface area contributed by atoms with Gasteiger partial charge in [0, 0.05) is 32.2 Å². The van der Waals surface area contributed by atoms with Crippen LogP contribution in [0.15, 0.2) is 22.8 Å². The fourth-order valence-corrected chi connectivity index (χ4v) is 2.71. The zero-order valence-corrected chi connectivity index (χ0v) is 13.7. The quantitative estimate of drug-likeness (QED) is 0.836. The molecule has 2 atom stereocenters. The monoisotopic (exact) mass is 309 g/mol. The number of carbonyl (C=O) groups is 1. The zero-order valence-electron chi connectivity index (χ0n) is 13.7. The van der Waals surface area contributed by atoms with Crippen LogP contribution in [0.1, 0.15) is 25.1 Å². The van der Waals surface area contributed by atoms with E-state index in [2.05, 4.69) is 5.32 Å². The highest BCUT2D eigenvalue weighted by Crippen LogP contribution is 2.18. The van der Waals surface area contributed by atoms with Crippen molar-refractivity contribution in [3.8, 4) is 0 Å². The second kappa shape index (κ2) is 8.19. The Bertz CT molecular complexity index is 441. The number of hydrogen-bond donors (Lipinski definition) is 1. The lowest BCUT2D eigenvalue weighted by Gasteiger charge is -2.27. The number of ether oxygens (including phenoxy) is 1. The number of likely N-dealkylation sites (N-methyl/N-ethyl adjacent to an activating group) is 1. The molecule has 0 bridgehead atoms. The van der Waals surface area contributed by atoms with E-state index in [-0.39, 0.29) is 12.1 Å². The van der Waals surface area contributed by atoms with E-state index in [0.29, 0.717) is 19.0 Å². The SMILES string of the molecule is CCN(C[C@@H]1CCOC1)C(=O)NC[C@@H](c1ccco1)N(C)C. The Balaban J connectivity index is 1.86. The molecule has 2 heterocycles. The summed E-state index contributed by atoms with van der Waals surface area (Å²) in [7, 11) is 3.96. The van der Waals surface area contributed by atoms with Gasteiger partial charge in [0.1, 0.15) is 5.76 Å². The number of urea groups is 1. The van der Waals surface area contributed by atoms with Gasteiger partial charge in [0.15, 0.2) is 0 Å². The first-order valence-corrected chi connectivity index (χ1v) is 7.92. The first kappa shape index (κ1) is 16.8. The summed E-state index contributed by atoms with van der Waals surface area (Å²) in [5.74, 6) is 1.32. The molecule has 124 valence electrons. The minimum Gasteiger partial charge on any atom is -0.468 e. The predicted octanol–water partition coefficient (Wildman–Crippen LogP) is 1.95. The van der Waals surface area contributed by atoms with E-state index < -0.39 is 0 Å². The van der Waals surface area contributed by atoms with Crippen molar-refractivity contribution < 1.29 is 13.9 Å². The van der Waals surface area contributed by atoms with E-state index >= 15 is 0 Å². The molecule has 2 amide bonds. The van der Waals surface area contributed by atoms with Gasteiger partial charge in [-0.25, -0.2) is 4.79 Å². The van der Waals surface area contributed by atoms with Gasteiger partial charge < -0.3 is 19.4 Å². The van der Waals surface area contributed by atoms with Crippen LogP contribution in [-0.4, -0.2) is 62.8 Å². The maximum atomic E-state index is 12.4. The van der Waals surface area contributed by atoms with Gasteiger partial charge in [-0.1, -0.05) is 0 Å². The van der Waals surface area contributed by atoms with Crippen LogP contribution < -0.4 is 5.32 Å². The summed E-state index contributed by atoms with van der Waals surface area (Å²) in [5.41, 5.74) is 0. The Kier molecular flexibility index (Phi) is 6.27. The summed E-state index contributed by atoms with van der Waals surface area (Å²) >= 11 is 0. The topological polar surface area (TPSA) is 58.0 Å². The minimum absolute atomic E-state index is 0.0205. The van der Waals surface area contributed by atoms with Crippen LogP contribution in [0.3, 0.4) is 0 Å². The lowest BCUT2D eigenvalue weighted by molar-refractivity contribution is 0.164. The number of furan rings is 1. The maximum Gasteiger partial charge on any atom is 0.317 e. The number of nitrogens with one attached hydrogen (secondary N) is 1. The first-order valence-electron chi connectivity index (χ1n) is 7.92. The van der Waals surface area contributed by atoms with Crippen LogP contribution in [0.4, 0.5) is 4.79 Å². The highest BCUT2D eigenvalue weighted by molar-refractivity contribution is 5.74. The molecule has 6 nitrogen and oxygen atoms in total. The molecule has 1 saturated heterocycles. The number of nitrogens with zero attached hydrogens (tertiary/aromatic N) is 2. The molecule has 1 aromatic rings. The zero-order chi connectivity index (χ0) is 15.9. The minimum atomic E-state index is -0.0205. The summed E-state index contributed by atoms with van der Waals surface area (Å²) in [6, 6.07) is 3.82. The maximum absolute atomic E-state index is 12.4. The summed E-state index contributed by atoms with van der Waals surface area (Å²) in [6.07, 6.45) is 2.70. The highest BCUT2D eigenvalue weighted by Gasteiger charge is 2.23. The molecule has 0 saturated carbocycles. The standard InChI is InChI=1S/C16H27N3O3/c1-4-19(11-13-7-9-21-12-13)16(20)17-10-14(18(2)3)15-6-5-8-22-15/h5-6,8,13-14H,4,7,9-12H2,1-3H3,(H,17,20)/t13-,14-/m0/s1. The van der Waals surface area contributed by atoms with E-state index in [9.17, 15) is 4.79 Å². The summed E-state index contributed by atoms with van der Waals surface area (Å²) in [5, 5.41) is 3.02. The summed E-state index contributed by atoms with van der Waals surface area (Å²) < 4.78 is 10.8. The Morgan fingerprint density at radius 1 is 1.50 bits per heavy atom. The molecule has 1 aliphatic rings. The molecule has 0 aliphatic carbocycles. The van der Waals surface area contributed by atoms with E-state index in [0.717, 1.165) is 31.9 Å². The molecule has 0 aromatic carbocycles. The van der Waals surface area contributed by atoms with Crippen molar-refractivity contribution in [1.82, 2.24) is 15.1 Å².